The largest absolute Gasteiger partial charge is 0.271 e. The highest BCUT2D eigenvalue weighted by Gasteiger charge is 1.92. The molecule has 0 aromatic heterocycles. The SMILES string of the molecule is c1ccc(CNOCONCc2ccccc2)cc1. The second kappa shape index (κ2) is 8.39. The summed E-state index contributed by atoms with van der Waals surface area (Å²) in [5.74, 6) is 0. The zero-order valence-electron chi connectivity index (χ0n) is 10.7. The molecule has 2 aromatic carbocycles. The lowest BCUT2D eigenvalue weighted by molar-refractivity contribution is -0.138. The van der Waals surface area contributed by atoms with Gasteiger partial charge in [-0.1, -0.05) is 60.7 Å². The summed E-state index contributed by atoms with van der Waals surface area (Å²) in [6, 6.07) is 20.1. The maximum Gasteiger partial charge on any atom is 0.186 e. The third-order valence-corrected chi connectivity index (χ3v) is 2.56. The van der Waals surface area contributed by atoms with Crippen LogP contribution < -0.4 is 11.0 Å². The van der Waals surface area contributed by atoms with Crippen molar-refractivity contribution in [3.05, 3.63) is 71.8 Å². The van der Waals surface area contributed by atoms with E-state index in [4.69, 9.17) is 9.68 Å². The lowest BCUT2D eigenvalue weighted by atomic mass is 10.2. The molecule has 0 atom stereocenters. The first-order valence-electron chi connectivity index (χ1n) is 6.22. The average Bonchev–Trinajstić information content (AvgIpc) is 2.48. The van der Waals surface area contributed by atoms with E-state index in [1.54, 1.807) is 0 Å². The molecule has 0 saturated heterocycles. The first-order chi connectivity index (χ1) is 9.45. The molecule has 2 N–H and O–H groups in total. The molecule has 0 spiro atoms. The van der Waals surface area contributed by atoms with E-state index >= 15 is 0 Å². The third-order valence-electron chi connectivity index (χ3n) is 2.56. The minimum atomic E-state index is 0.152. The van der Waals surface area contributed by atoms with Crippen molar-refractivity contribution in [1.82, 2.24) is 11.0 Å². The standard InChI is InChI=1S/C15H18N2O2/c1-3-7-14(8-4-1)11-16-18-13-19-17-12-15-9-5-2-6-10-15/h1-10,16-17H,11-13H2. The number of hydrogen-bond acceptors (Lipinski definition) is 4. The van der Waals surface area contributed by atoms with Crippen molar-refractivity contribution < 1.29 is 9.68 Å². The van der Waals surface area contributed by atoms with Crippen LogP contribution in [0.2, 0.25) is 0 Å². The minimum absolute atomic E-state index is 0.152. The third kappa shape index (κ3) is 5.63. The van der Waals surface area contributed by atoms with Gasteiger partial charge in [-0.25, -0.2) is 0 Å². The second-order valence-corrected chi connectivity index (χ2v) is 4.02. The first-order valence-corrected chi connectivity index (χ1v) is 6.22. The molecule has 0 fully saturated rings. The Balaban J connectivity index is 1.49. The summed E-state index contributed by atoms with van der Waals surface area (Å²) < 4.78 is 0. The Morgan fingerprint density at radius 1 is 0.632 bits per heavy atom. The van der Waals surface area contributed by atoms with Gasteiger partial charge in [-0.3, -0.25) is 9.68 Å². The molecular weight excluding hydrogens is 240 g/mol. The van der Waals surface area contributed by atoms with Gasteiger partial charge >= 0.3 is 0 Å². The second-order valence-electron chi connectivity index (χ2n) is 4.02. The van der Waals surface area contributed by atoms with Gasteiger partial charge in [0.2, 0.25) is 0 Å². The van der Waals surface area contributed by atoms with Gasteiger partial charge in [-0.2, -0.15) is 11.0 Å². The fourth-order valence-corrected chi connectivity index (χ4v) is 1.57. The minimum Gasteiger partial charge on any atom is -0.271 e. The fraction of sp³-hybridized carbons (Fsp3) is 0.200. The molecule has 100 valence electrons. The molecule has 4 heteroatoms. The Bertz CT molecular complexity index is 405. The van der Waals surface area contributed by atoms with Gasteiger partial charge in [-0.05, 0) is 11.1 Å². The number of rotatable bonds is 8. The summed E-state index contributed by atoms with van der Waals surface area (Å²) >= 11 is 0. The lowest BCUT2D eigenvalue weighted by Crippen LogP contribution is -2.21. The molecule has 2 aromatic rings. The molecule has 0 heterocycles. The van der Waals surface area contributed by atoms with E-state index in [-0.39, 0.29) is 6.79 Å². The van der Waals surface area contributed by atoms with Gasteiger partial charge in [-0.15, -0.1) is 0 Å². The highest BCUT2D eigenvalue weighted by Crippen LogP contribution is 1.98. The molecule has 0 aliphatic heterocycles. The Morgan fingerprint density at radius 3 is 1.47 bits per heavy atom. The van der Waals surface area contributed by atoms with Crippen LogP contribution in [-0.2, 0) is 22.8 Å². The molecule has 0 aliphatic rings. The van der Waals surface area contributed by atoms with E-state index in [0.717, 1.165) is 0 Å². The normalized spacial score (nSPS) is 10.5. The molecule has 19 heavy (non-hydrogen) atoms. The monoisotopic (exact) mass is 258 g/mol. The Hall–Kier alpha value is -1.72. The molecule has 0 aliphatic carbocycles. The van der Waals surface area contributed by atoms with Crippen LogP contribution in [0.3, 0.4) is 0 Å². The maximum absolute atomic E-state index is 5.14. The summed E-state index contributed by atoms with van der Waals surface area (Å²) in [6.07, 6.45) is 0. The van der Waals surface area contributed by atoms with Crippen molar-refractivity contribution in [2.45, 2.75) is 13.1 Å². The van der Waals surface area contributed by atoms with Gasteiger partial charge < -0.3 is 0 Å². The van der Waals surface area contributed by atoms with E-state index in [0.29, 0.717) is 13.1 Å². The summed E-state index contributed by atoms with van der Waals surface area (Å²) in [6.45, 7) is 1.46. The van der Waals surface area contributed by atoms with E-state index < -0.39 is 0 Å². The molecule has 0 radical (unpaired) electrons. The van der Waals surface area contributed by atoms with Crippen LogP contribution in [0.5, 0.6) is 0 Å². The summed E-state index contributed by atoms with van der Waals surface area (Å²) in [5.41, 5.74) is 8.00. The highest BCUT2D eigenvalue weighted by molar-refractivity contribution is 5.14. The summed E-state index contributed by atoms with van der Waals surface area (Å²) in [4.78, 5) is 10.3. The van der Waals surface area contributed by atoms with Gasteiger partial charge in [0.05, 0.1) is 0 Å². The van der Waals surface area contributed by atoms with Crippen molar-refractivity contribution in [3.8, 4) is 0 Å². The highest BCUT2D eigenvalue weighted by atomic mass is 16.8. The molecule has 0 bridgehead atoms. The van der Waals surface area contributed by atoms with Crippen molar-refractivity contribution in [1.29, 1.82) is 0 Å². The summed E-state index contributed by atoms with van der Waals surface area (Å²) in [7, 11) is 0. The zero-order valence-corrected chi connectivity index (χ0v) is 10.7. The number of hydrogen-bond donors (Lipinski definition) is 2. The molecule has 0 saturated carbocycles. The molecule has 2 rings (SSSR count). The van der Waals surface area contributed by atoms with E-state index in [1.165, 1.54) is 11.1 Å². The molecule has 0 amide bonds. The number of benzene rings is 2. The quantitative estimate of drug-likeness (QED) is 0.433. The van der Waals surface area contributed by atoms with Crippen LogP contribution in [0.4, 0.5) is 0 Å². The predicted octanol–water partition coefficient (Wildman–Crippen LogP) is 2.39. The molecule has 0 unspecified atom stereocenters. The number of nitrogens with one attached hydrogen (secondary N) is 2. The van der Waals surface area contributed by atoms with Gasteiger partial charge in [0.1, 0.15) is 0 Å². The van der Waals surface area contributed by atoms with Gasteiger partial charge in [0.15, 0.2) is 6.79 Å². The van der Waals surface area contributed by atoms with Gasteiger partial charge in [0.25, 0.3) is 0 Å². The lowest BCUT2D eigenvalue weighted by Gasteiger charge is -2.07. The Kier molecular flexibility index (Phi) is 6.05. The maximum atomic E-state index is 5.14. The van der Waals surface area contributed by atoms with Crippen LogP contribution in [0.25, 0.3) is 0 Å². The van der Waals surface area contributed by atoms with Crippen LogP contribution in [-0.4, -0.2) is 6.79 Å². The van der Waals surface area contributed by atoms with Crippen LogP contribution in [0.15, 0.2) is 60.7 Å². The van der Waals surface area contributed by atoms with Crippen LogP contribution >= 0.6 is 0 Å². The zero-order chi connectivity index (χ0) is 13.2. The van der Waals surface area contributed by atoms with E-state index in [1.807, 2.05) is 60.7 Å². The van der Waals surface area contributed by atoms with E-state index in [2.05, 4.69) is 11.0 Å². The van der Waals surface area contributed by atoms with Crippen molar-refractivity contribution in [2.24, 2.45) is 0 Å². The molecular formula is C15H18N2O2. The predicted molar refractivity (Wildman–Crippen MR) is 73.6 cm³/mol. The van der Waals surface area contributed by atoms with Gasteiger partial charge in [0, 0.05) is 13.1 Å². The van der Waals surface area contributed by atoms with Crippen LogP contribution in [0.1, 0.15) is 11.1 Å². The number of hydroxylamine groups is 2. The fourth-order valence-electron chi connectivity index (χ4n) is 1.57. The van der Waals surface area contributed by atoms with Crippen molar-refractivity contribution >= 4 is 0 Å². The van der Waals surface area contributed by atoms with Crippen molar-refractivity contribution in [2.75, 3.05) is 6.79 Å². The Morgan fingerprint density at radius 2 is 1.05 bits per heavy atom. The first kappa shape index (κ1) is 13.7. The Labute approximate surface area is 113 Å². The topological polar surface area (TPSA) is 42.5 Å². The molecule has 4 nitrogen and oxygen atoms in total. The van der Waals surface area contributed by atoms with E-state index in [9.17, 15) is 0 Å². The van der Waals surface area contributed by atoms with Crippen LogP contribution in [0, 0.1) is 0 Å². The average molecular weight is 258 g/mol. The van der Waals surface area contributed by atoms with Crippen molar-refractivity contribution in [3.63, 3.8) is 0 Å². The summed E-state index contributed by atoms with van der Waals surface area (Å²) in [5, 5.41) is 0. The smallest absolute Gasteiger partial charge is 0.186 e.